The highest BCUT2D eigenvalue weighted by atomic mass is 16.4. The number of hydrogen-bond acceptors (Lipinski definition) is 3. The molecule has 0 aromatic heterocycles. The van der Waals surface area contributed by atoms with Gasteiger partial charge in [-0.15, -0.1) is 0 Å². The molecule has 0 saturated carbocycles. The third-order valence-electron chi connectivity index (χ3n) is 2.46. The van der Waals surface area contributed by atoms with Crippen LogP contribution in [0.2, 0.25) is 0 Å². The lowest BCUT2D eigenvalue weighted by Gasteiger charge is -2.25. The summed E-state index contributed by atoms with van der Waals surface area (Å²) in [5.74, 6) is -1.39. The average Bonchev–Trinajstić information content (AvgIpc) is 2.16. The Morgan fingerprint density at radius 3 is 2.93 bits per heavy atom. The van der Waals surface area contributed by atoms with E-state index in [0.29, 0.717) is 32.5 Å². The van der Waals surface area contributed by atoms with E-state index < -0.39 is 11.9 Å². The molecule has 15 heavy (non-hydrogen) atoms. The minimum Gasteiger partial charge on any atom is -0.481 e. The van der Waals surface area contributed by atoms with Crippen LogP contribution in [-0.4, -0.2) is 47.7 Å². The number of hydrogen-bond donors (Lipinski definition) is 1. The quantitative estimate of drug-likeness (QED) is 0.720. The van der Waals surface area contributed by atoms with E-state index in [1.54, 1.807) is 18.0 Å². The molecule has 0 saturated heterocycles. The van der Waals surface area contributed by atoms with E-state index in [9.17, 15) is 9.59 Å². The number of amides is 1. The lowest BCUT2D eigenvalue weighted by atomic mass is 10.1. The van der Waals surface area contributed by atoms with E-state index in [2.05, 4.69) is 4.99 Å². The highest BCUT2D eigenvalue weighted by molar-refractivity contribution is 5.79. The Labute approximate surface area is 88.8 Å². The van der Waals surface area contributed by atoms with Crippen LogP contribution in [0.1, 0.15) is 19.8 Å². The van der Waals surface area contributed by atoms with Crippen molar-refractivity contribution in [1.82, 2.24) is 4.90 Å². The van der Waals surface area contributed by atoms with E-state index in [1.807, 2.05) is 0 Å². The van der Waals surface area contributed by atoms with Crippen molar-refractivity contribution in [2.24, 2.45) is 10.9 Å². The number of carbonyl (C=O) groups is 2. The highest BCUT2D eigenvalue weighted by Crippen LogP contribution is 2.09. The third kappa shape index (κ3) is 3.34. The second-order valence-corrected chi connectivity index (χ2v) is 3.55. The van der Waals surface area contributed by atoms with E-state index in [4.69, 9.17) is 5.11 Å². The number of carboxylic acids is 1. The predicted molar refractivity (Wildman–Crippen MR) is 56.0 cm³/mol. The Kier molecular flexibility index (Phi) is 4.27. The zero-order valence-electron chi connectivity index (χ0n) is 8.85. The second kappa shape index (κ2) is 5.48. The van der Waals surface area contributed by atoms with Crippen LogP contribution in [0.5, 0.6) is 0 Å². The molecule has 0 fully saturated rings. The van der Waals surface area contributed by atoms with Gasteiger partial charge in [0.2, 0.25) is 5.91 Å². The van der Waals surface area contributed by atoms with Gasteiger partial charge in [-0.3, -0.25) is 14.6 Å². The molecule has 1 heterocycles. The van der Waals surface area contributed by atoms with E-state index in [0.717, 1.165) is 0 Å². The first-order valence-electron chi connectivity index (χ1n) is 5.14. The first-order chi connectivity index (χ1) is 7.15. The van der Waals surface area contributed by atoms with E-state index in [1.165, 1.54) is 0 Å². The molecule has 5 heteroatoms. The van der Waals surface area contributed by atoms with Crippen molar-refractivity contribution >= 4 is 18.1 Å². The minimum absolute atomic E-state index is 0.00153. The first-order valence-corrected chi connectivity index (χ1v) is 5.14. The van der Waals surface area contributed by atoms with Gasteiger partial charge in [0, 0.05) is 19.5 Å². The van der Waals surface area contributed by atoms with Gasteiger partial charge in [0.25, 0.3) is 0 Å². The number of nitrogens with zero attached hydrogens (tertiary/aromatic N) is 2. The van der Waals surface area contributed by atoms with E-state index >= 15 is 0 Å². The summed E-state index contributed by atoms with van der Waals surface area (Å²) in [5, 5.41) is 8.93. The van der Waals surface area contributed by atoms with Crippen molar-refractivity contribution in [3.05, 3.63) is 0 Å². The average molecular weight is 212 g/mol. The fourth-order valence-electron chi connectivity index (χ4n) is 1.53. The standard InChI is InChI=1S/C10H16N2O3/c1-2-9(13)12-6-5-11-4-3-8(7-12)10(14)15/h4,8H,2-3,5-7H2,1H3,(H,14,15). The van der Waals surface area contributed by atoms with Crippen LogP contribution in [-0.2, 0) is 9.59 Å². The van der Waals surface area contributed by atoms with Crippen molar-refractivity contribution in [2.75, 3.05) is 19.6 Å². The van der Waals surface area contributed by atoms with Gasteiger partial charge in [0.15, 0.2) is 0 Å². The summed E-state index contributed by atoms with van der Waals surface area (Å²) in [6, 6.07) is 0. The summed E-state index contributed by atoms with van der Waals surface area (Å²) in [6.07, 6.45) is 2.46. The molecule has 84 valence electrons. The van der Waals surface area contributed by atoms with Gasteiger partial charge in [0.05, 0.1) is 12.5 Å². The summed E-state index contributed by atoms with van der Waals surface area (Å²) in [7, 11) is 0. The molecule has 0 bridgehead atoms. The summed E-state index contributed by atoms with van der Waals surface area (Å²) in [6.45, 7) is 3.17. The number of carboxylic acid groups (broad SMARTS) is 1. The van der Waals surface area contributed by atoms with Gasteiger partial charge < -0.3 is 10.0 Å². The van der Waals surface area contributed by atoms with Gasteiger partial charge in [-0.2, -0.15) is 0 Å². The topological polar surface area (TPSA) is 70.0 Å². The Morgan fingerprint density at radius 2 is 2.33 bits per heavy atom. The molecule has 0 aromatic rings. The molecule has 0 radical (unpaired) electrons. The van der Waals surface area contributed by atoms with Crippen LogP contribution in [0.4, 0.5) is 0 Å². The molecule has 0 aliphatic carbocycles. The molecular formula is C10H16N2O3. The molecule has 0 spiro atoms. The molecule has 1 rings (SSSR count). The zero-order valence-corrected chi connectivity index (χ0v) is 8.85. The van der Waals surface area contributed by atoms with Crippen molar-refractivity contribution in [3.8, 4) is 0 Å². The Balaban J connectivity index is 2.69. The lowest BCUT2D eigenvalue weighted by Crippen LogP contribution is -2.40. The maximum absolute atomic E-state index is 11.5. The Hall–Kier alpha value is -1.39. The molecule has 1 amide bonds. The van der Waals surface area contributed by atoms with Gasteiger partial charge in [-0.1, -0.05) is 6.92 Å². The molecule has 1 unspecified atom stereocenters. The third-order valence-corrected chi connectivity index (χ3v) is 2.46. The van der Waals surface area contributed by atoms with Crippen LogP contribution >= 0.6 is 0 Å². The van der Waals surface area contributed by atoms with Crippen molar-refractivity contribution in [1.29, 1.82) is 0 Å². The lowest BCUT2D eigenvalue weighted by molar-refractivity contribution is -0.143. The Bertz CT molecular complexity index is 276. The molecule has 1 atom stereocenters. The van der Waals surface area contributed by atoms with Gasteiger partial charge in [0.1, 0.15) is 0 Å². The fraction of sp³-hybridized carbons (Fsp3) is 0.700. The van der Waals surface area contributed by atoms with Crippen LogP contribution in [0.15, 0.2) is 4.99 Å². The van der Waals surface area contributed by atoms with Crippen LogP contribution in [0.25, 0.3) is 0 Å². The van der Waals surface area contributed by atoms with Crippen molar-refractivity contribution in [2.45, 2.75) is 19.8 Å². The monoisotopic (exact) mass is 212 g/mol. The van der Waals surface area contributed by atoms with Crippen molar-refractivity contribution < 1.29 is 14.7 Å². The van der Waals surface area contributed by atoms with Gasteiger partial charge >= 0.3 is 5.97 Å². The molecule has 1 N–H and O–H groups in total. The van der Waals surface area contributed by atoms with Crippen LogP contribution < -0.4 is 0 Å². The molecular weight excluding hydrogens is 196 g/mol. The highest BCUT2D eigenvalue weighted by Gasteiger charge is 2.23. The number of rotatable bonds is 2. The fourth-order valence-corrected chi connectivity index (χ4v) is 1.53. The summed E-state index contributed by atoms with van der Waals surface area (Å²) in [5.41, 5.74) is 0. The summed E-state index contributed by atoms with van der Waals surface area (Å²) in [4.78, 5) is 28.0. The van der Waals surface area contributed by atoms with Gasteiger partial charge in [-0.25, -0.2) is 0 Å². The smallest absolute Gasteiger partial charge is 0.308 e. The predicted octanol–water partition coefficient (Wildman–Crippen LogP) is 0.400. The van der Waals surface area contributed by atoms with E-state index in [-0.39, 0.29) is 5.91 Å². The molecule has 5 nitrogen and oxygen atoms in total. The molecule has 1 aliphatic heterocycles. The SMILES string of the molecule is CCC(=O)N1CCN=CCC(C(=O)O)C1. The normalized spacial score (nSPS) is 21.9. The van der Waals surface area contributed by atoms with Crippen LogP contribution in [0.3, 0.4) is 0 Å². The first kappa shape index (κ1) is 11.7. The number of aliphatic imine (C=N–C) groups is 1. The number of aliphatic carboxylic acids is 1. The second-order valence-electron chi connectivity index (χ2n) is 3.55. The summed E-state index contributed by atoms with van der Waals surface area (Å²) < 4.78 is 0. The largest absolute Gasteiger partial charge is 0.481 e. The number of carbonyl (C=O) groups excluding carboxylic acids is 1. The van der Waals surface area contributed by atoms with Gasteiger partial charge in [-0.05, 0) is 12.6 Å². The zero-order chi connectivity index (χ0) is 11.3. The Morgan fingerprint density at radius 1 is 1.60 bits per heavy atom. The molecule has 0 aromatic carbocycles. The maximum Gasteiger partial charge on any atom is 0.308 e. The van der Waals surface area contributed by atoms with Crippen LogP contribution in [0, 0.1) is 5.92 Å². The maximum atomic E-state index is 11.5. The molecule has 1 aliphatic rings. The van der Waals surface area contributed by atoms with Crippen molar-refractivity contribution in [3.63, 3.8) is 0 Å². The minimum atomic E-state index is -0.864. The summed E-state index contributed by atoms with van der Waals surface area (Å²) >= 11 is 0.